The van der Waals surface area contributed by atoms with Gasteiger partial charge < -0.3 is 10.2 Å². The number of aromatic nitrogens is 1. The lowest BCUT2D eigenvalue weighted by Crippen LogP contribution is -2.37. The predicted octanol–water partition coefficient (Wildman–Crippen LogP) is 2.61. The number of piperidine rings is 1. The summed E-state index contributed by atoms with van der Waals surface area (Å²) in [4.78, 5) is 7.00. The molecule has 3 heteroatoms. The number of hydrogen-bond acceptors (Lipinski definition) is 3. The van der Waals surface area contributed by atoms with Gasteiger partial charge in [-0.05, 0) is 62.9 Å². The lowest BCUT2D eigenvalue weighted by molar-refractivity contribution is 0.372. The molecule has 0 unspecified atom stereocenters. The maximum Gasteiger partial charge on any atom is 0.128 e. The molecule has 1 aromatic rings. The number of rotatable bonds is 5. The molecule has 0 atom stereocenters. The van der Waals surface area contributed by atoms with Crippen LogP contribution in [0.1, 0.15) is 31.7 Å². The van der Waals surface area contributed by atoms with E-state index in [9.17, 15) is 0 Å². The molecule has 3 nitrogen and oxygen atoms in total. The van der Waals surface area contributed by atoms with E-state index in [1.165, 1.54) is 37.9 Å². The molecule has 1 fully saturated rings. The lowest BCUT2D eigenvalue weighted by atomic mass is 9.97. The second-order valence-electron chi connectivity index (χ2n) is 5.33. The van der Waals surface area contributed by atoms with Crippen LogP contribution in [0.15, 0.2) is 18.3 Å². The fourth-order valence-electron chi connectivity index (χ4n) is 2.64. The van der Waals surface area contributed by atoms with Gasteiger partial charge in [0, 0.05) is 19.3 Å². The van der Waals surface area contributed by atoms with Crippen molar-refractivity contribution in [1.82, 2.24) is 10.3 Å². The summed E-state index contributed by atoms with van der Waals surface area (Å²) in [6.45, 7) is 9.00. The summed E-state index contributed by atoms with van der Waals surface area (Å²) in [5, 5.41) is 3.43. The van der Waals surface area contributed by atoms with Crippen LogP contribution in [0.25, 0.3) is 0 Å². The molecule has 1 N–H and O–H groups in total. The number of aryl methyl sites for hydroxylation is 1. The van der Waals surface area contributed by atoms with Crippen LogP contribution in [0.4, 0.5) is 5.82 Å². The summed E-state index contributed by atoms with van der Waals surface area (Å²) in [5.74, 6) is 1.97. The summed E-state index contributed by atoms with van der Waals surface area (Å²) >= 11 is 0. The maximum atomic E-state index is 4.53. The highest BCUT2D eigenvalue weighted by Crippen LogP contribution is 2.19. The molecule has 0 amide bonds. The summed E-state index contributed by atoms with van der Waals surface area (Å²) in [7, 11) is 0. The van der Waals surface area contributed by atoms with Gasteiger partial charge in [-0.25, -0.2) is 4.98 Å². The van der Waals surface area contributed by atoms with Crippen molar-refractivity contribution in [3.63, 3.8) is 0 Å². The Morgan fingerprint density at radius 1 is 1.39 bits per heavy atom. The highest BCUT2D eigenvalue weighted by Gasteiger charge is 2.17. The molecular weight excluding hydrogens is 222 g/mol. The number of anilines is 1. The first-order chi connectivity index (χ1) is 8.79. The number of hydrogen-bond donors (Lipinski definition) is 1. The Hall–Kier alpha value is -1.09. The van der Waals surface area contributed by atoms with Gasteiger partial charge in [0.1, 0.15) is 5.82 Å². The monoisotopic (exact) mass is 247 g/mol. The van der Waals surface area contributed by atoms with E-state index in [0.29, 0.717) is 0 Å². The van der Waals surface area contributed by atoms with Gasteiger partial charge in [-0.15, -0.1) is 0 Å². The van der Waals surface area contributed by atoms with Crippen LogP contribution in [-0.2, 0) is 0 Å². The molecular formula is C15H25N3. The van der Waals surface area contributed by atoms with Gasteiger partial charge in [-0.3, -0.25) is 0 Å². The van der Waals surface area contributed by atoms with Gasteiger partial charge in [0.15, 0.2) is 0 Å². The summed E-state index contributed by atoms with van der Waals surface area (Å²) in [5.41, 5.74) is 1.30. The zero-order chi connectivity index (χ0) is 12.8. The predicted molar refractivity (Wildman–Crippen MR) is 77.1 cm³/mol. The highest BCUT2D eigenvalue weighted by molar-refractivity contribution is 5.40. The van der Waals surface area contributed by atoms with Crippen molar-refractivity contribution < 1.29 is 0 Å². The first-order valence-electron chi connectivity index (χ1n) is 7.18. The Morgan fingerprint density at radius 2 is 2.17 bits per heavy atom. The average Bonchev–Trinajstić information content (AvgIpc) is 2.39. The topological polar surface area (TPSA) is 28.2 Å². The zero-order valence-electron chi connectivity index (χ0n) is 11.7. The SMILES string of the molecule is CCCN(CC1CCNCC1)c1cc(C)ccn1. The number of pyridine rings is 1. The van der Waals surface area contributed by atoms with E-state index in [1.807, 2.05) is 6.20 Å². The van der Waals surface area contributed by atoms with Crippen molar-refractivity contribution in [2.75, 3.05) is 31.1 Å². The Bertz CT molecular complexity index is 359. The molecule has 1 aliphatic rings. The van der Waals surface area contributed by atoms with E-state index in [0.717, 1.165) is 24.8 Å². The first-order valence-corrected chi connectivity index (χ1v) is 7.18. The van der Waals surface area contributed by atoms with Crippen molar-refractivity contribution in [3.8, 4) is 0 Å². The van der Waals surface area contributed by atoms with E-state index in [4.69, 9.17) is 0 Å². The maximum absolute atomic E-state index is 4.53. The quantitative estimate of drug-likeness (QED) is 0.867. The minimum absolute atomic E-state index is 0.820. The third-order valence-electron chi connectivity index (χ3n) is 3.66. The molecule has 100 valence electrons. The molecule has 1 aromatic heterocycles. The number of nitrogens with zero attached hydrogens (tertiary/aromatic N) is 2. The lowest BCUT2D eigenvalue weighted by Gasteiger charge is -2.30. The molecule has 18 heavy (non-hydrogen) atoms. The molecule has 1 aliphatic heterocycles. The molecule has 0 aromatic carbocycles. The first kappa shape index (κ1) is 13.3. The van der Waals surface area contributed by atoms with Gasteiger partial charge in [0.05, 0.1) is 0 Å². The molecule has 1 saturated heterocycles. The molecule has 2 rings (SSSR count). The third-order valence-corrected chi connectivity index (χ3v) is 3.66. The zero-order valence-corrected chi connectivity index (χ0v) is 11.7. The van der Waals surface area contributed by atoms with Crippen LogP contribution in [0.5, 0.6) is 0 Å². The average molecular weight is 247 g/mol. The van der Waals surface area contributed by atoms with Crippen molar-refractivity contribution in [2.24, 2.45) is 5.92 Å². The van der Waals surface area contributed by atoms with Crippen LogP contribution in [0, 0.1) is 12.8 Å². The van der Waals surface area contributed by atoms with Crippen LogP contribution in [-0.4, -0.2) is 31.2 Å². The number of nitrogens with one attached hydrogen (secondary N) is 1. The fourth-order valence-corrected chi connectivity index (χ4v) is 2.64. The molecule has 2 heterocycles. The third kappa shape index (κ3) is 3.70. The largest absolute Gasteiger partial charge is 0.356 e. The highest BCUT2D eigenvalue weighted by atomic mass is 15.2. The van der Waals surface area contributed by atoms with E-state index in [2.05, 4.69) is 41.2 Å². The molecule has 0 aliphatic carbocycles. The normalized spacial score (nSPS) is 16.8. The molecule has 0 radical (unpaired) electrons. The summed E-state index contributed by atoms with van der Waals surface area (Å²) in [6, 6.07) is 4.27. The van der Waals surface area contributed by atoms with Crippen molar-refractivity contribution in [1.29, 1.82) is 0 Å². The molecule has 0 bridgehead atoms. The van der Waals surface area contributed by atoms with Gasteiger partial charge in [-0.1, -0.05) is 6.92 Å². The Morgan fingerprint density at radius 3 is 2.83 bits per heavy atom. The van der Waals surface area contributed by atoms with Crippen LogP contribution >= 0.6 is 0 Å². The van der Waals surface area contributed by atoms with Crippen molar-refractivity contribution in [3.05, 3.63) is 23.9 Å². The standard InChI is InChI=1S/C15H25N3/c1-3-10-18(12-14-5-7-16-8-6-14)15-11-13(2)4-9-17-15/h4,9,11,14,16H,3,5-8,10,12H2,1-2H3. The van der Waals surface area contributed by atoms with Gasteiger partial charge in [-0.2, -0.15) is 0 Å². The van der Waals surface area contributed by atoms with Gasteiger partial charge in [0.25, 0.3) is 0 Å². The minimum atomic E-state index is 0.820. The van der Waals surface area contributed by atoms with E-state index in [1.54, 1.807) is 0 Å². The van der Waals surface area contributed by atoms with Crippen molar-refractivity contribution in [2.45, 2.75) is 33.1 Å². The fraction of sp³-hybridized carbons (Fsp3) is 0.667. The minimum Gasteiger partial charge on any atom is -0.356 e. The Balaban J connectivity index is 2.02. The smallest absolute Gasteiger partial charge is 0.128 e. The Labute approximate surface area is 111 Å². The molecule has 0 spiro atoms. The van der Waals surface area contributed by atoms with E-state index in [-0.39, 0.29) is 0 Å². The second-order valence-corrected chi connectivity index (χ2v) is 5.33. The van der Waals surface area contributed by atoms with Gasteiger partial charge in [0.2, 0.25) is 0 Å². The summed E-state index contributed by atoms with van der Waals surface area (Å²) < 4.78 is 0. The van der Waals surface area contributed by atoms with Crippen LogP contribution in [0.3, 0.4) is 0 Å². The van der Waals surface area contributed by atoms with Crippen LogP contribution in [0.2, 0.25) is 0 Å². The Kier molecular flexibility index (Phi) is 5.00. The molecule has 0 saturated carbocycles. The van der Waals surface area contributed by atoms with Crippen molar-refractivity contribution >= 4 is 5.82 Å². The van der Waals surface area contributed by atoms with E-state index >= 15 is 0 Å². The summed E-state index contributed by atoms with van der Waals surface area (Å²) in [6.07, 6.45) is 5.70. The van der Waals surface area contributed by atoms with E-state index < -0.39 is 0 Å². The van der Waals surface area contributed by atoms with Crippen LogP contribution < -0.4 is 10.2 Å². The van der Waals surface area contributed by atoms with Gasteiger partial charge >= 0.3 is 0 Å². The second kappa shape index (κ2) is 6.74.